The molecule has 0 atom stereocenters. The number of hydrogen-bond donors (Lipinski definition) is 3. The molecule has 1 aromatic rings. The predicted molar refractivity (Wildman–Crippen MR) is 68.3 cm³/mol. The number of benzene rings is 1. The van der Waals surface area contributed by atoms with Gasteiger partial charge in [-0.05, 0) is 18.6 Å². The van der Waals surface area contributed by atoms with E-state index in [1.807, 2.05) is 0 Å². The highest BCUT2D eigenvalue weighted by molar-refractivity contribution is 6.17. The van der Waals surface area contributed by atoms with Crippen molar-refractivity contribution in [3.05, 3.63) is 23.8 Å². The lowest BCUT2D eigenvalue weighted by Gasteiger charge is -2.07. The number of halogens is 1. The Labute approximate surface area is 110 Å². The molecule has 1 amide bonds. The van der Waals surface area contributed by atoms with E-state index in [0.717, 1.165) is 6.07 Å². The zero-order valence-electron chi connectivity index (χ0n) is 9.86. The number of phenolic OH excluding ortho intramolecular Hbond substituents is 2. The Morgan fingerprint density at radius 2 is 2.11 bits per heavy atom. The van der Waals surface area contributed by atoms with Gasteiger partial charge < -0.3 is 20.3 Å². The summed E-state index contributed by atoms with van der Waals surface area (Å²) < 4.78 is 5.14. The number of hydrogen-bond acceptors (Lipinski definition) is 4. The van der Waals surface area contributed by atoms with Crippen LogP contribution in [0.3, 0.4) is 0 Å². The number of carbonyl (C=O) groups is 1. The van der Waals surface area contributed by atoms with Crippen LogP contribution in [0.4, 0.5) is 0 Å². The molecule has 0 unspecified atom stereocenters. The van der Waals surface area contributed by atoms with Crippen LogP contribution in [0, 0.1) is 0 Å². The number of ether oxygens (including phenoxy) is 1. The van der Waals surface area contributed by atoms with Crippen LogP contribution in [-0.2, 0) is 4.74 Å². The maximum atomic E-state index is 11.7. The van der Waals surface area contributed by atoms with Gasteiger partial charge in [-0.25, -0.2) is 0 Å². The highest BCUT2D eigenvalue weighted by Gasteiger charge is 2.10. The maximum absolute atomic E-state index is 11.7. The van der Waals surface area contributed by atoms with Gasteiger partial charge in [0.25, 0.3) is 5.91 Å². The molecule has 18 heavy (non-hydrogen) atoms. The number of aromatic hydroxyl groups is 2. The number of rotatable bonds is 7. The molecule has 6 heteroatoms. The van der Waals surface area contributed by atoms with Crippen LogP contribution < -0.4 is 5.32 Å². The van der Waals surface area contributed by atoms with Crippen LogP contribution in [0.5, 0.6) is 11.5 Å². The molecule has 1 aromatic carbocycles. The molecule has 1 rings (SSSR count). The molecule has 0 radical (unpaired) electrons. The quantitative estimate of drug-likeness (QED) is 0.519. The Bertz CT molecular complexity index is 398. The molecule has 0 fully saturated rings. The van der Waals surface area contributed by atoms with Crippen molar-refractivity contribution >= 4 is 17.5 Å². The predicted octanol–water partition coefficient (Wildman–Crippen LogP) is 1.47. The number of carbonyl (C=O) groups excluding carboxylic acids is 1. The van der Waals surface area contributed by atoms with E-state index in [4.69, 9.17) is 21.4 Å². The zero-order chi connectivity index (χ0) is 13.4. The van der Waals surface area contributed by atoms with Crippen LogP contribution in [0.1, 0.15) is 16.8 Å². The second-order valence-electron chi connectivity index (χ2n) is 3.61. The lowest BCUT2D eigenvalue weighted by atomic mass is 10.2. The summed E-state index contributed by atoms with van der Waals surface area (Å²) in [5.41, 5.74) is 0.134. The largest absolute Gasteiger partial charge is 0.508 e. The summed E-state index contributed by atoms with van der Waals surface area (Å²) >= 11 is 5.43. The first-order valence-electron chi connectivity index (χ1n) is 5.59. The summed E-state index contributed by atoms with van der Waals surface area (Å²) in [6.45, 7) is 1.46. The van der Waals surface area contributed by atoms with Gasteiger partial charge in [-0.1, -0.05) is 0 Å². The molecule has 0 aromatic heterocycles. The minimum absolute atomic E-state index is 0.0847. The van der Waals surface area contributed by atoms with Gasteiger partial charge in [0.2, 0.25) is 0 Å². The Hall–Kier alpha value is -1.46. The van der Waals surface area contributed by atoms with Gasteiger partial charge in [-0.2, -0.15) is 0 Å². The van der Waals surface area contributed by atoms with Crippen molar-refractivity contribution in [1.82, 2.24) is 5.32 Å². The number of nitrogens with one attached hydrogen (secondary N) is 1. The van der Waals surface area contributed by atoms with Gasteiger partial charge in [-0.15, -0.1) is 11.6 Å². The summed E-state index contributed by atoms with van der Waals surface area (Å²) in [7, 11) is 0. The van der Waals surface area contributed by atoms with Crippen LogP contribution >= 0.6 is 11.6 Å². The summed E-state index contributed by atoms with van der Waals surface area (Å²) in [5, 5.41) is 21.2. The molecule has 0 bridgehead atoms. The van der Waals surface area contributed by atoms with Crippen LogP contribution in [-0.4, -0.2) is 41.8 Å². The molecular formula is C12H16ClNO4. The summed E-state index contributed by atoms with van der Waals surface area (Å²) in [4.78, 5) is 11.7. The van der Waals surface area contributed by atoms with Crippen LogP contribution in [0.25, 0.3) is 0 Å². The standard InChI is InChI=1S/C12H16ClNO4/c13-4-7-18-6-1-5-14-12(17)10-3-2-9(15)8-11(10)16/h2-3,8,15-16H,1,4-7H2,(H,14,17). The van der Waals surface area contributed by atoms with Crippen molar-refractivity contribution in [3.8, 4) is 11.5 Å². The third-order valence-corrected chi connectivity index (χ3v) is 2.35. The SMILES string of the molecule is O=C(NCCCOCCCl)c1ccc(O)cc1O. The van der Waals surface area contributed by atoms with Crippen molar-refractivity contribution in [3.63, 3.8) is 0 Å². The van der Waals surface area contributed by atoms with Gasteiger partial charge in [0.05, 0.1) is 12.2 Å². The van der Waals surface area contributed by atoms with Crippen LogP contribution in [0.15, 0.2) is 18.2 Å². The molecule has 0 aliphatic carbocycles. The van der Waals surface area contributed by atoms with E-state index in [9.17, 15) is 9.90 Å². The maximum Gasteiger partial charge on any atom is 0.255 e. The number of alkyl halides is 1. The topological polar surface area (TPSA) is 78.8 Å². The molecule has 0 spiro atoms. The van der Waals surface area contributed by atoms with E-state index < -0.39 is 0 Å². The first kappa shape index (κ1) is 14.6. The fourth-order valence-electron chi connectivity index (χ4n) is 1.34. The van der Waals surface area contributed by atoms with Gasteiger partial charge in [0, 0.05) is 25.1 Å². The van der Waals surface area contributed by atoms with Crippen molar-refractivity contribution in [2.45, 2.75) is 6.42 Å². The molecule has 100 valence electrons. The van der Waals surface area contributed by atoms with Crippen molar-refractivity contribution in [1.29, 1.82) is 0 Å². The minimum Gasteiger partial charge on any atom is -0.508 e. The fourth-order valence-corrected chi connectivity index (χ4v) is 1.45. The van der Waals surface area contributed by atoms with Gasteiger partial charge in [0.15, 0.2) is 0 Å². The van der Waals surface area contributed by atoms with E-state index in [0.29, 0.717) is 32.1 Å². The highest BCUT2D eigenvalue weighted by atomic mass is 35.5. The highest BCUT2D eigenvalue weighted by Crippen LogP contribution is 2.22. The molecule has 5 nitrogen and oxygen atoms in total. The summed E-state index contributed by atoms with van der Waals surface area (Å²) in [5.74, 6) is -0.262. The zero-order valence-corrected chi connectivity index (χ0v) is 10.6. The molecule has 0 aliphatic rings. The summed E-state index contributed by atoms with van der Waals surface area (Å²) in [6.07, 6.45) is 0.668. The Morgan fingerprint density at radius 1 is 1.33 bits per heavy atom. The molecule has 3 N–H and O–H groups in total. The molecule has 0 aliphatic heterocycles. The van der Waals surface area contributed by atoms with Gasteiger partial charge in [-0.3, -0.25) is 4.79 Å². The summed E-state index contributed by atoms with van der Waals surface area (Å²) in [6, 6.07) is 3.83. The lowest BCUT2D eigenvalue weighted by Crippen LogP contribution is -2.25. The fraction of sp³-hybridized carbons (Fsp3) is 0.417. The monoisotopic (exact) mass is 273 g/mol. The second kappa shape index (κ2) is 7.79. The molecule has 0 saturated heterocycles. The van der Waals surface area contributed by atoms with Crippen molar-refractivity contribution < 1.29 is 19.7 Å². The van der Waals surface area contributed by atoms with E-state index in [1.54, 1.807) is 0 Å². The first-order chi connectivity index (χ1) is 8.65. The number of phenols is 2. The van der Waals surface area contributed by atoms with E-state index in [2.05, 4.69) is 5.32 Å². The third kappa shape index (κ3) is 4.81. The van der Waals surface area contributed by atoms with Gasteiger partial charge >= 0.3 is 0 Å². The second-order valence-corrected chi connectivity index (χ2v) is 3.99. The molecule has 0 heterocycles. The Kier molecular flexibility index (Phi) is 6.32. The molecule has 0 saturated carbocycles. The van der Waals surface area contributed by atoms with Crippen LogP contribution in [0.2, 0.25) is 0 Å². The average molecular weight is 274 g/mol. The first-order valence-corrected chi connectivity index (χ1v) is 6.12. The van der Waals surface area contributed by atoms with E-state index in [-0.39, 0.29) is 23.0 Å². The van der Waals surface area contributed by atoms with Crippen molar-refractivity contribution in [2.24, 2.45) is 0 Å². The normalized spacial score (nSPS) is 10.3. The Balaban J connectivity index is 2.32. The minimum atomic E-state index is -0.384. The van der Waals surface area contributed by atoms with Crippen molar-refractivity contribution in [2.75, 3.05) is 25.6 Å². The Morgan fingerprint density at radius 3 is 2.78 bits per heavy atom. The smallest absolute Gasteiger partial charge is 0.255 e. The lowest BCUT2D eigenvalue weighted by molar-refractivity contribution is 0.0942. The average Bonchev–Trinajstić information content (AvgIpc) is 2.33. The third-order valence-electron chi connectivity index (χ3n) is 2.20. The van der Waals surface area contributed by atoms with Gasteiger partial charge in [0.1, 0.15) is 11.5 Å². The molecular weight excluding hydrogens is 258 g/mol. The van der Waals surface area contributed by atoms with E-state index in [1.165, 1.54) is 12.1 Å². The van der Waals surface area contributed by atoms with E-state index >= 15 is 0 Å². The number of amides is 1.